The van der Waals surface area contributed by atoms with Gasteiger partial charge in [-0.15, -0.1) is 0 Å². The molecule has 0 radical (unpaired) electrons. The number of piperidine rings is 1. The molecule has 5 rings (SSSR count). The highest BCUT2D eigenvalue weighted by Crippen LogP contribution is 2.37. The predicted molar refractivity (Wildman–Crippen MR) is 126 cm³/mol. The van der Waals surface area contributed by atoms with Gasteiger partial charge in [0.25, 0.3) is 0 Å². The molecule has 3 saturated heterocycles. The molecule has 7 nitrogen and oxygen atoms in total. The first-order valence-corrected chi connectivity index (χ1v) is 13.5. The second-order valence-corrected chi connectivity index (χ2v) is 11.0. The highest BCUT2D eigenvalue weighted by atomic mass is 16.5. The van der Waals surface area contributed by atoms with Gasteiger partial charge in [-0.3, -0.25) is 15.0 Å². The summed E-state index contributed by atoms with van der Waals surface area (Å²) in [6, 6.07) is 2.87. The first kappa shape index (κ1) is 23.0. The van der Waals surface area contributed by atoms with E-state index in [1.807, 2.05) is 0 Å². The molecular formula is C25H45N5O2. The number of carbonyl (C=O) groups excluding carboxylic acids is 1. The zero-order valence-electron chi connectivity index (χ0n) is 20.1. The number of nitrogens with one attached hydrogen (secondary N) is 3. The number of amides is 1. The normalized spacial score (nSPS) is 41.4. The van der Waals surface area contributed by atoms with Gasteiger partial charge in [-0.1, -0.05) is 6.42 Å². The average Bonchev–Trinajstić information content (AvgIpc) is 3.26. The van der Waals surface area contributed by atoms with E-state index in [0.717, 1.165) is 51.9 Å². The van der Waals surface area contributed by atoms with Gasteiger partial charge in [0.05, 0.1) is 19.4 Å². The van der Waals surface area contributed by atoms with Crippen LogP contribution >= 0.6 is 0 Å². The van der Waals surface area contributed by atoms with Gasteiger partial charge in [-0.05, 0) is 70.3 Å². The molecule has 0 aromatic carbocycles. The second-order valence-electron chi connectivity index (χ2n) is 11.0. The van der Waals surface area contributed by atoms with Crippen molar-refractivity contribution >= 4 is 5.91 Å². The summed E-state index contributed by atoms with van der Waals surface area (Å²) < 4.78 is 5.53. The van der Waals surface area contributed by atoms with Gasteiger partial charge in [0.15, 0.2) is 0 Å². The minimum atomic E-state index is 0.267. The van der Waals surface area contributed by atoms with Crippen LogP contribution in [0, 0.1) is 5.92 Å². The van der Waals surface area contributed by atoms with Crippen molar-refractivity contribution in [3.8, 4) is 0 Å². The molecule has 1 amide bonds. The Labute approximate surface area is 194 Å². The maximum atomic E-state index is 12.2. The van der Waals surface area contributed by atoms with E-state index in [9.17, 15) is 4.79 Å². The fourth-order valence-electron chi connectivity index (χ4n) is 7.39. The van der Waals surface area contributed by atoms with Crippen LogP contribution in [0.25, 0.3) is 0 Å². The third-order valence-electron chi connectivity index (χ3n) is 9.04. The van der Waals surface area contributed by atoms with Crippen LogP contribution in [-0.4, -0.2) is 91.5 Å². The summed E-state index contributed by atoms with van der Waals surface area (Å²) in [5, 5.41) is 11.7. The third kappa shape index (κ3) is 5.33. The molecule has 5 fully saturated rings. The van der Waals surface area contributed by atoms with Crippen LogP contribution in [0.5, 0.6) is 0 Å². The highest BCUT2D eigenvalue weighted by Gasteiger charge is 2.43. The Morgan fingerprint density at radius 2 is 1.72 bits per heavy atom. The van der Waals surface area contributed by atoms with Crippen molar-refractivity contribution in [2.24, 2.45) is 5.92 Å². The van der Waals surface area contributed by atoms with Gasteiger partial charge >= 0.3 is 0 Å². The maximum Gasteiger partial charge on any atom is 0.219 e. The smallest absolute Gasteiger partial charge is 0.219 e. The minimum Gasteiger partial charge on any atom is -0.379 e. The van der Waals surface area contributed by atoms with Gasteiger partial charge in [0, 0.05) is 56.8 Å². The Bertz CT molecular complexity index is 619. The number of hydrogen-bond donors (Lipinski definition) is 3. The van der Waals surface area contributed by atoms with E-state index in [2.05, 4.69) is 25.8 Å². The molecule has 0 aromatic rings. The van der Waals surface area contributed by atoms with Crippen LogP contribution in [0.2, 0.25) is 0 Å². The van der Waals surface area contributed by atoms with Crippen LogP contribution in [-0.2, 0) is 9.53 Å². The Hall–Kier alpha value is -0.730. The number of morpholine rings is 1. The molecule has 5 unspecified atom stereocenters. The maximum absolute atomic E-state index is 12.2. The summed E-state index contributed by atoms with van der Waals surface area (Å²) >= 11 is 0. The summed E-state index contributed by atoms with van der Waals surface area (Å²) in [5.41, 5.74) is 0. The zero-order chi connectivity index (χ0) is 21.9. The summed E-state index contributed by atoms with van der Waals surface area (Å²) in [4.78, 5) is 17.0. The van der Waals surface area contributed by atoms with Gasteiger partial charge in [-0.2, -0.15) is 0 Å². The molecule has 0 aromatic heterocycles. The first-order chi connectivity index (χ1) is 15.7. The number of hydrogen-bond acceptors (Lipinski definition) is 6. The topological polar surface area (TPSA) is 68.9 Å². The molecular weight excluding hydrogens is 402 g/mol. The highest BCUT2D eigenvalue weighted by molar-refractivity contribution is 5.74. The van der Waals surface area contributed by atoms with Crippen LogP contribution in [0.15, 0.2) is 0 Å². The van der Waals surface area contributed by atoms with Crippen LogP contribution in [0.4, 0.5) is 0 Å². The fraction of sp³-hybridized carbons (Fsp3) is 0.960. The molecule has 2 saturated carbocycles. The number of likely N-dealkylation sites (tertiary alicyclic amines) is 1. The molecule has 5 atom stereocenters. The van der Waals surface area contributed by atoms with Crippen molar-refractivity contribution in [3.05, 3.63) is 0 Å². The van der Waals surface area contributed by atoms with Crippen molar-refractivity contribution in [1.29, 1.82) is 0 Å². The average molecular weight is 448 g/mol. The van der Waals surface area contributed by atoms with Gasteiger partial charge < -0.3 is 20.3 Å². The van der Waals surface area contributed by atoms with E-state index in [1.165, 1.54) is 57.8 Å². The van der Waals surface area contributed by atoms with E-state index in [-0.39, 0.29) is 5.91 Å². The molecule has 3 aliphatic heterocycles. The van der Waals surface area contributed by atoms with E-state index in [4.69, 9.17) is 4.74 Å². The zero-order valence-corrected chi connectivity index (χ0v) is 20.1. The Kier molecular flexibility index (Phi) is 7.69. The fourth-order valence-corrected chi connectivity index (χ4v) is 7.39. The number of rotatable bonds is 5. The van der Waals surface area contributed by atoms with E-state index < -0.39 is 0 Å². The molecule has 0 bridgehead atoms. The SMILES string of the molecule is CC(=O)N1CCC2CCCC(NC3CCNC(NC4CCC(N5CCOCC5)CC4)C3)C21. The molecule has 3 heterocycles. The number of fused-ring (bicyclic) bond motifs is 1. The third-order valence-corrected chi connectivity index (χ3v) is 9.04. The number of nitrogens with zero attached hydrogens (tertiary/aromatic N) is 2. The van der Waals surface area contributed by atoms with Crippen molar-refractivity contribution in [2.45, 2.75) is 108 Å². The lowest BCUT2D eigenvalue weighted by molar-refractivity contribution is -0.131. The summed E-state index contributed by atoms with van der Waals surface area (Å²) in [6.45, 7) is 7.85. The molecule has 5 aliphatic rings. The molecule has 2 aliphatic carbocycles. The molecule has 182 valence electrons. The predicted octanol–water partition coefficient (Wildman–Crippen LogP) is 1.68. The molecule has 0 spiro atoms. The monoisotopic (exact) mass is 447 g/mol. The van der Waals surface area contributed by atoms with Gasteiger partial charge in [-0.25, -0.2) is 0 Å². The standard InChI is InChI=1S/C25H45N5O2/c1-18(31)30-12-10-19-3-2-4-23(25(19)30)27-21-9-11-26-24(17-21)28-20-5-7-22(8-6-20)29-13-15-32-16-14-29/h19-28H,2-17H2,1H3. The first-order valence-electron chi connectivity index (χ1n) is 13.5. The lowest BCUT2D eigenvalue weighted by atomic mass is 9.80. The largest absolute Gasteiger partial charge is 0.379 e. The van der Waals surface area contributed by atoms with Crippen molar-refractivity contribution in [1.82, 2.24) is 25.8 Å². The van der Waals surface area contributed by atoms with E-state index in [1.54, 1.807) is 6.92 Å². The quantitative estimate of drug-likeness (QED) is 0.596. The Balaban J connectivity index is 1.09. The van der Waals surface area contributed by atoms with Gasteiger partial charge in [0.2, 0.25) is 5.91 Å². The van der Waals surface area contributed by atoms with Gasteiger partial charge in [0.1, 0.15) is 0 Å². The van der Waals surface area contributed by atoms with Crippen molar-refractivity contribution in [2.75, 3.05) is 39.4 Å². The summed E-state index contributed by atoms with van der Waals surface area (Å²) in [5.74, 6) is 0.978. The van der Waals surface area contributed by atoms with E-state index >= 15 is 0 Å². The lowest BCUT2D eigenvalue weighted by Gasteiger charge is -2.43. The second kappa shape index (κ2) is 10.7. The van der Waals surface area contributed by atoms with E-state index in [0.29, 0.717) is 36.3 Å². The summed E-state index contributed by atoms with van der Waals surface area (Å²) in [7, 11) is 0. The van der Waals surface area contributed by atoms with Crippen LogP contribution < -0.4 is 16.0 Å². The summed E-state index contributed by atoms with van der Waals surface area (Å²) in [6.07, 6.45) is 13.0. The minimum absolute atomic E-state index is 0.267. The Morgan fingerprint density at radius 3 is 2.50 bits per heavy atom. The van der Waals surface area contributed by atoms with Crippen LogP contribution in [0.3, 0.4) is 0 Å². The van der Waals surface area contributed by atoms with Crippen LogP contribution in [0.1, 0.15) is 71.1 Å². The Morgan fingerprint density at radius 1 is 0.906 bits per heavy atom. The molecule has 7 heteroatoms. The number of ether oxygens (including phenoxy) is 1. The lowest BCUT2D eigenvalue weighted by Crippen LogP contribution is -2.60. The van der Waals surface area contributed by atoms with Crippen molar-refractivity contribution < 1.29 is 9.53 Å². The number of carbonyl (C=O) groups is 1. The molecule has 32 heavy (non-hydrogen) atoms. The molecule has 3 N–H and O–H groups in total. The van der Waals surface area contributed by atoms with Crippen molar-refractivity contribution in [3.63, 3.8) is 0 Å².